The molecular weight excluding hydrogens is 462 g/mol. The summed E-state index contributed by atoms with van der Waals surface area (Å²) in [7, 11) is 0. The minimum Gasteiger partial charge on any atom is -0.391 e. The van der Waals surface area contributed by atoms with Gasteiger partial charge in [0.05, 0.1) is 29.9 Å². The molecule has 1 fully saturated rings. The van der Waals surface area contributed by atoms with Gasteiger partial charge in [0.1, 0.15) is 5.82 Å². The Morgan fingerprint density at radius 1 is 1.11 bits per heavy atom. The van der Waals surface area contributed by atoms with Gasteiger partial charge in [0.25, 0.3) is 0 Å². The van der Waals surface area contributed by atoms with E-state index in [1.165, 1.54) is 24.2 Å². The number of carbonyl (C=O) groups is 1. The molecule has 0 bridgehead atoms. The second-order valence-corrected chi connectivity index (χ2v) is 9.05. The molecule has 1 unspecified atom stereocenters. The van der Waals surface area contributed by atoms with Crippen molar-refractivity contribution >= 4 is 12.0 Å². The third-order valence-corrected chi connectivity index (χ3v) is 6.06. The molecule has 9 heteroatoms. The predicted molar refractivity (Wildman–Crippen MR) is 122 cm³/mol. The summed E-state index contributed by atoms with van der Waals surface area (Å²) in [5.74, 6) is -5.41. The predicted octanol–water partition coefficient (Wildman–Crippen LogP) is 5.11. The van der Waals surface area contributed by atoms with E-state index >= 15 is 0 Å². The number of piperidine rings is 1. The summed E-state index contributed by atoms with van der Waals surface area (Å²) in [4.78, 5) is 18.8. The van der Waals surface area contributed by atoms with Crippen molar-refractivity contribution in [3.63, 3.8) is 0 Å². The molecule has 0 aliphatic carbocycles. The van der Waals surface area contributed by atoms with E-state index in [4.69, 9.17) is 0 Å². The fraction of sp³-hybridized carbons (Fsp3) is 0.308. The highest BCUT2D eigenvalue weighted by atomic mass is 19.2. The Hall–Kier alpha value is -3.46. The SMILES string of the molecule is Cc1cn(-c2ccc(C=C3CC(C)CN([C@H](c4cc(F)c(F)c(F)c4)[C@@H](C)O)C3=O)cc2F)cn1. The van der Waals surface area contributed by atoms with Crippen molar-refractivity contribution in [1.82, 2.24) is 14.5 Å². The molecule has 184 valence electrons. The van der Waals surface area contributed by atoms with Gasteiger partial charge in [-0.1, -0.05) is 13.0 Å². The number of benzene rings is 2. The first-order valence-corrected chi connectivity index (χ1v) is 11.2. The molecule has 1 saturated heterocycles. The van der Waals surface area contributed by atoms with Crippen LogP contribution in [0.5, 0.6) is 0 Å². The molecular formula is C26H25F4N3O2. The van der Waals surface area contributed by atoms with E-state index in [9.17, 15) is 27.5 Å². The molecule has 35 heavy (non-hydrogen) atoms. The number of aromatic nitrogens is 2. The molecule has 3 atom stereocenters. The lowest BCUT2D eigenvalue weighted by Gasteiger charge is -2.40. The summed E-state index contributed by atoms with van der Waals surface area (Å²) in [5.41, 5.74) is 1.83. The zero-order chi connectivity index (χ0) is 25.4. The van der Waals surface area contributed by atoms with Crippen LogP contribution >= 0.6 is 0 Å². The smallest absolute Gasteiger partial charge is 0.250 e. The highest BCUT2D eigenvalue weighted by Gasteiger charge is 2.36. The average molecular weight is 487 g/mol. The Bertz CT molecular complexity index is 1280. The summed E-state index contributed by atoms with van der Waals surface area (Å²) < 4.78 is 57.7. The van der Waals surface area contributed by atoms with Gasteiger partial charge in [0, 0.05) is 18.3 Å². The maximum atomic E-state index is 14.8. The summed E-state index contributed by atoms with van der Waals surface area (Å²) in [6, 6.07) is 5.05. The molecule has 1 aliphatic rings. The van der Waals surface area contributed by atoms with Crippen LogP contribution in [0.3, 0.4) is 0 Å². The number of hydrogen-bond acceptors (Lipinski definition) is 3. The van der Waals surface area contributed by atoms with Crippen LogP contribution in [0, 0.1) is 36.1 Å². The Labute approximate surface area is 200 Å². The fourth-order valence-electron chi connectivity index (χ4n) is 4.53. The van der Waals surface area contributed by atoms with Crippen molar-refractivity contribution in [2.24, 2.45) is 5.92 Å². The molecule has 0 saturated carbocycles. The van der Waals surface area contributed by atoms with E-state index in [0.717, 1.165) is 17.8 Å². The van der Waals surface area contributed by atoms with E-state index in [1.807, 2.05) is 6.92 Å². The lowest BCUT2D eigenvalue weighted by atomic mass is 9.89. The third kappa shape index (κ3) is 5.00. The van der Waals surface area contributed by atoms with Gasteiger partial charge in [-0.15, -0.1) is 0 Å². The summed E-state index contributed by atoms with van der Waals surface area (Å²) in [6.45, 7) is 5.30. The van der Waals surface area contributed by atoms with Crippen LogP contribution in [-0.2, 0) is 4.79 Å². The molecule has 3 aromatic rings. The maximum absolute atomic E-state index is 14.8. The first-order valence-electron chi connectivity index (χ1n) is 11.2. The van der Waals surface area contributed by atoms with E-state index in [2.05, 4.69) is 4.98 Å². The molecule has 0 radical (unpaired) electrons. The minimum absolute atomic E-state index is 0.0478. The van der Waals surface area contributed by atoms with Gasteiger partial charge < -0.3 is 14.6 Å². The van der Waals surface area contributed by atoms with Gasteiger partial charge in [0.2, 0.25) is 5.91 Å². The summed E-state index contributed by atoms with van der Waals surface area (Å²) >= 11 is 0. The fourth-order valence-corrected chi connectivity index (χ4v) is 4.53. The first kappa shape index (κ1) is 24.7. The number of likely N-dealkylation sites (tertiary alicyclic amines) is 1. The van der Waals surface area contributed by atoms with E-state index in [-0.39, 0.29) is 18.0 Å². The van der Waals surface area contributed by atoms with Gasteiger partial charge in [-0.25, -0.2) is 22.5 Å². The Morgan fingerprint density at radius 3 is 2.37 bits per heavy atom. The van der Waals surface area contributed by atoms with Crippen molar-refractivity contribution in [2.75, 3.05) is 6.54 Å². The van der Waals surface area contributed by atoms with Crippen LogP contribution in [-0.4, -0.2) is 38.1 Å². The Kier molecular flexibility index (Phi) is 6.80. The van der Waals surface area contributed by atoms with Gasteiger partial charge in [-0.3, -0.25) is 4.79 Å². The molecule has 1 amide bonds. The average Bonchev–Trinajstić information content (AvgIpc) is 3.21. The number of aryl methyl sites for hydroxylation is 1. The standard InChI is InChI=1S/C26H25F4N3O2/c1-14-6-19(7-17-4-5-23(20(27)8-17)32-12-15(2)31-13-32)26(35)33(11-14)25(16(3)34)18-9-21(28)24(30)22(29)10-18/h4-5,7-10,12-14,16,25,34H,6,11H2,1-3H3/t14?,16-,25+/m1/s1. The molecule has 2 aromatic carbocycles. The van der Waals surface area contributed by atoms with Crippen LogP contribution in [0.4, 0.5) is 17.6 Å². The number of amides is 1. The molecule has 5 nitrogen and oxygen atoms in total. The third-order valence-electron chi connectivity index (χ3n) is 6.06. The number of carbonyl (C=O) groups excluding carboxylic acids is 1. The van der Waals surface area contributed by atoms with E-state index in [0.29, 0.717) is 23.2 Å². The highest BCUT2D eigenvalue weighted by molar-refractivity contribution is 5.99. The number of aliphatic hydroxyl groups is 1. The van der Waals surface area contributed by atoms with Crippen LogP contribution in [0.15, 0.2) is 48.4 Å². The molecule has 1 aliphatic heterocycles. The van der Waals surface area contributed by atoms with Gasteiger partial charge >= 0.3 is 0 Å². The monoisotopic (exact) mass is 487 g/mol. The summed E-state index contributed by atoms with van der Waals surface area (Å²) in [5, 5.41) is 10.4. The van der Waals surface area contributed by atoms with Crippen molar-refractivity contribution in [1.29, 1.82) is 0 Å². The topological polar surface area (TPSA) is 58.4 Å². The Balaban J connectivity index is 1.67. The van der Waals surface area contributed by atoms with Gasteiger partial charge in [0.15, 0.2) is 17.5 Å². The lowest BCUT2D eigenvalue weighted by Crippen LogP contribution is -2.46. The Morgan fingerprint density at radius 2 is 1.80 bits per heavy atom. The largest absolute Gasteiger partial charge is 0.391 e. The number of rotatable bonds is 5. The number of hydrogen-bond donors (Lipinski definition) is 1. The number of imidazole rings is 1. The minimum atomic E-state index is -1.62. The van der Waals surface area contributed by atoms with Gasteiger partial charge in [-0.05, 0) is 67.7 Å². The highest BCUT2D eigenvalue weighted by Crippen LogP contribution is 2.34. The molecule has 0 spiro atoms. The van der Waals surface area contributed by atoms with Crippen molar-refractivity contribution in [3.05, 3.63) is 88.5 Å². The number of halogens is 4. The second kappa shape index (κ2) is 9.65. The normalized spacial score (nSPS) is 19.3. The van der Waals surface area contributed by atoms with E-state index in [1.54, 1.807) is 35.9 Å². The molecule has 2 heterocycles. The first-order chi connectivity index (χ1) is 16.5. The molecule has 1 N–H and O–H groups in total. The lowest BCUT2D eigenvalue weighted by molar-refractivity contribution is -0.135. The van der Waals surface area contributed by atoms with Crippen molar-refractivity contribution < 1.29 is 27.5 Å². The van der Waals surface area contributed by atoms with Crippen LogP contribution in [0.1, 0.15) is 43.1 Å². The van der Waals surface area contributed by atoms with Crippen LogP contribution in [0.2, 0.25) is 0 Å². The molecule has 4 rings (SSSR count). The quantitative estimate of drug-likeness (QED) is 0.309. The van der Waals surface area contributed by atoms with Crippen molar-refractivity contribution in [3.8, 4) is 5.69 Å². The van der Waals surface area contributed by atoms with Crippen molar-refractivity contribution in [2.45, 2.75) is 39.3 Å². The summed E-state index contributed by atoms with van der Waals surface area (Å²) in [6.07, 6.45) is 3.98. The van der Waals surface area contributed by atoms with Crippen LogP contribution < -0.4 is 0 Å². The number of aliphatic hydroxyl groups excluding tert-OH is 1. The zero-order valence-corrected chi connectivity index (χ0v) is 19.5. The molecule has 1 aromatic heterocycles. The zero-order valence-electron chi connectivity index (χ0n) is 19.5. The van der Waals surface area contributed by atoms with Crippen LogP contribution in [0.25, 0.3) is 11.8 Å². The van der Waals surface area contributed by atoms with Gasteiger partial charge in [-0.2, -0.15) is 0 Å². The van der Waals surface area contributed by atoms with E-state index < -0.39 is 41.3 Å². The maximum Gasteiger partial charge on any atom is 0.250 e. The second-order valence-electron chi connectivity index (χ2n) is 9.05. The number of nitrogens with zero attached hydrogens (tertiary/aromatic N) is 3.